The van der Waals surface area contributed by atoms with Gasteiger partial charge in [0, 0.05) is 11.8 Å². The third kappa shape index (κ3) is 4.00. The third-order valence-corrected chi connectivity index (χ3v) is 5.79. The average molecular weight is 324 g/mol. The summed E-state index contributed by atoms with van der Waals surface area (Å²) in [6.07, 6.45) is 0. The van der Waals surface area contributed by atoms with E-state index in [1.807, 2.05) is 0 Å². The van der Waals surface area contributed by atoms with Gasteiger partial charge in [0.05, 0.1) is 9.64 Å². The summed E-state index contributed by atoms with van der Waals surface area (Å²) in [5.41, 5.74) is 0.468. The Hall–Kier alpha value is -0.460. The van der Waals surface area contributed by atoms with E-state index in [0.29, 0.717) is 5.56 Å². The van der Waals surface area contributed by atoms with Gasteiger partial charge in [-0.2, -0.15) is 0 Å². The molecule has 0 radical (unpaired) electrons. The number of hydrogen-bond donors (Lipinski definition) is 2. The lowest BCUT2D eigenvalue weighted by atomic mass is 10.2. The van der Waals surface area contributed by atoms with Crippen LogP contribution in [0.15, 0.2) is 23.1 Å². The zero-order chi connectivity index (χ0) is 15.1. The Kier molecular flexibility index (Phi) is 4.49. The first-order valence-electron chi connectivity index (χ1n) is 5.45. The van der Waals surface area contributed by atoms with Gasteiger partial charge < -0.3 is 14.3 Å². The van der Waals surface area contributed by atoms with E-state index in [4.69, 9.17) is 14.3 Å². The summed E-state index contributed by atoms with van der Waals surface area (Å²) in [5.74, 6) is 0.138. The summed E-state index contributed by atoms with van der Waals surface area (Å²) < 4.78 is 28.5. The summed E-state index contributed by atoms with van der Waals surface area (Å²) in [6, 6.07) is 4.17. The van der Waals surface area contributed by atoms with Crippen molar-refractivity contribution in [2.75, 3.05) is 0 Å². The van der Waals surface area contributed by atoms with Crippen molar-refractivity contribution >= 4 is 28.4 Å². The lowest BCUT2D eigenvalue weighted by Crippen LogP contribution is -2.28. The fourth-order valence-corrected chi connectivity index (χ4v) is 3.48. The second-order valence-electron chi connectivity index (χ2n) is 5.12. The molecule has 5 nitrogen and oxygen atoms in total. The minimum absolute atomic E-state index is 0.138. The number of aryl methyl sites for hydroxylation is 1. The summed E-state index contributed by atoms with van der Waals surface area (Å²) in [5, 5.41) is 0. The molecule has 0 fully saturated rings. The summed E-state index contributed by atoms with van der Waals surface area (Å²) in [4.78, 5) is 18.3. The Morgan fingerprint density at radius 2 is 1.79 bits per heavy atom. The molecule has 0 amide bonds. The first-order chi connectivity index (χ1) is 8.34. The Morgan fingerprint density at radius 3 is 2.16 bits per heavy atom. The molecule has 2 N–H and O–H groups in total. The smallest absolute Gasteiger partial charge is 0.375 e. The molecule has 0 heterocycles. The normalized spacial score (nSPS) is 13.4. The molecule has 0 aliphatic carbocycles. The van der Waals surface area contributed by atoms with Crippen LogP contribution >= 0.6 is 6.72 Å². The Labute approximate surface area is 118 Å². The van der Waals surface area contributed by atoms with E-state index in [0.717, 1.165) is 0 Å². The molecule has 0 aromatic heterocycles. The Balaban J connectivity index is 3.27. The van der Waals surface area contributed by atoms with Crippen LogP contribution in [0.2, 0.25) is 0 Å². The van der Waals surface area contributed by atoms with Crippen LogP contribution in [0.1, 0.15) is 26.3 Å². The molecule has 19 heavy (non-hydrogen) atoms. The first-order valence-corrected chi connectivity index (χ1v) is 9.56. The highest BCUT2D eigenvalue weighted by Crippen LogP contribution is 2.39. The second-order valence-corrected chi connectivity index (χ2v) is 10.4. The summed E-state index contributed by atoms with van der Waals surface area (Å²) in [7, 11) is -3.47. The zero-order valence-electron chi connectivity index (χ0n) is 11.1. The summed E-state index contributed by atoms with van der Waals surface area (Å²) in [6.45, 7) is 2.66. The minimum atomic E-state index is -3.81. The molecule has 0 bridgehead atoms. The molecule has 108 valence electrons. The monoisotopic (exact) mass is 324 g/mol. The van der Waals surface area contributed by atoms with Crippen molar-refractivity contribution in [1.29, 1.82) is 0 Å². The van der Waals surface area contributed by atoms with Gasteiger partial charge in [-0.15, -0.1) is 0 Å². The third-order valence-electron chi connectivity index (χ3n) is 2.47. The molecule has 0 aliphatic heterocycles. The lowest BCUT2D eigenvalue weighted by Gasteiger charge is -2.21. The van der Waals surface area contributed by atoms with Gasteiger partial charge >= 0.3 is 6.72 Å². The van der Waals surface area contributed by atoms with E-state index in [1.165, 1.54) is 18.2 Å². The van der Waals surface area contributed by atoms with Crippen LogP contribution in [0, 0.1) is 6.92 Å². The molecule has 0 spiro atoms. The van der Waals surface area contributed by atoms with Gasteiger partial charge in [0.2, 0.25) is 0 Å². The van der Waals surface area contributed by atoms with E-state index in [-0.39, 0.29) is 10.6 Å². The van der Waals surface area contributed by atoms with Crippen molar-refractivity contribution in [3.8, 4) is 5.75 Å². The maximum atomic E-state index is 12.3. The molecule has 1 aromatic rings. The molecule has 8 heteroatoms. The van der Waals surface area contributed by atoms with Gasteiger partial charge in [0.25, 0.3) is 0 Å². The molecule has 0 saturated heterocycles. The number of sulfone groups is 1. The number of hydrogen-bond acceptors (Lipinski definition) is 4. The predicted molar refractivity (Wildman–Crippen MR) is 77.5 cm³/mol. The van der Waals surface area contributed by atoms with Crippen LogP contribution in [0.3, 0.4) is 0 Å². The number of rotatable bonds is 3. The predicted octanol–water partition coefficient (Wildman–Crippen LogP) is 2.16. The standard InChI is InChI=1S/C11H17O5PS2/c1-8-7-9(16-17(12,13)18)5-6-10(8)19(14,15)11(2,3)4/h5-7H,1-4H3,(H2,12,13,18). The van der Waals surface area contributed by atoms with Crippen molar-refractivity contribution in [1.82, 2.24) is 0 Å². The van der Waals surface area contributed by atoms with Gasteiger partial charge in [-0.3, -0.25) is 0 Å². The fraction of sp³-hybridized carbons (Fsp3) is 0.455. The van der Waals surface area contributed by atoms with Crippen LogP contribution in [-0.4, -0.2) is 23.0 Å². The molecule has 1 aromatic carbocycles. The largest absolute Gasteiger partial charge is 0.424 e. The minimum Gasteiger partial charge on any atom is -0.424 e. The van der Waals surface area contributed by atoms with E-state index in [9.17, 15) is 8.42 Å². The zero-order valence-corrected chi connectivity index (χ0v) is 13.6. The van der Waals surface area contributed by atoms with Crippen LogP contribution in [-0.2, 0) is 21.6 Å². The number of benzene rings is 1. The van der Waals surface area contributed by atoms with E-state index >= 15 is 0 Å². The van der Waals surface area contributed by atoms with E-state index in [1.54, 1.807) is 27.7 Å². The highest BCUT2D eigenvalue weighted by Gasteiger charge is 2.32. The molecule has 1 rings (SSSR count). The van der Waals surface area contributed by atoms with Crippen molar-refractivity contribution in [3.05, 3.63) is 23.8 Å². The molecule has 0 atom stereocenters. The van der Waals surface area contributed by atoms with Gasteiger partial charge in [0.15, 0.2) is 9.84 Å². The van der Waals surface area contributed by atoms with Crippen molar-refractivity contribution in [2.45, 2.75) is 37.3 Å². The highest BCUT2D eigenvalue weighted by molar-refractivity contribution is 8.06. The van der Waals surface area contributed by atoms with Gasteiger partial charge in [-0.1, -0.05) is 0 Å². The maximum absolute atomic E-state index is 12.3. The fourth-order valence-electron chi connectivity index (χ4n) is 1.45. The molecular formula is C11H17O5PS2. The van der Waals surface area contributed by atoms with Gasteiger partial charge in [-0.05, 0) is 51.5 Å². The Bertz CT molecular complexity index is 625. The van der Waals surface area contributed by atoms with Gasteiger partial charge in [-0.25, -0.2) is 8.42 Å². The van der Waals surface area contributed by atoms with Crippen LogP contribution in [0.25, 0.3) is 0 Å². The topological polar surface area (TPSA) is 83.8 Å². The van der Waals surface area contributed by atoms with Crippen LogP contribution in [0.4, 0.5) is 0 Å². The maximum Gasteiger partial charge on any atom is 0.375 e. The Morgan fingerprint density at radius 1 is 1.26 bits per heavy atom. The molecule has 0 unspecified atom stereocenters. The highest BCUT2D eigenvalue weighted by atomic mass is 32.5. The van der Waals surface area contributed by atoms with Crippen molar-refractivity contribution < 1.29 is 22.7 Å². The van der Waals surface area contributed by atoms with Crippen molar-refractivity contribution in [3.63, 3.8) is 0 Å². The van der Waals surface area contributed by atoms with Crippen molar-refractivity contribution in [2.24, 2.45) is 0 Å². The molecule has 0 saturated carbocycles. The first kappa shape index (κ1) is 16.6. The molecule has 0 aliphatic rings. The molecular weight excluding hydrogens is 307 g/mol. The van der Waals surface area contributed by atoms with E-state index in [2.05, 4.69) is 11.8 Å². The summed E-state index contributed by atoms with van der Waals surface area (Å²) >= 11 is 4.36. The second kappa shape index (κ2) is 5.14. The average Bonchev–Trinajstić information content (AvgIpc) is 2.12. The quantitative estimate of drug-likeness (QED) is 0.829. The van der Waals surface area contributed by atoms with E-state index < -0.39 is 21.3 Å². The lowest BCUT2D eigenvalue weighted by molar-refractivity contribution is 0.370. The van der Waals surface area contributed by atoms with Crippen LogP contribution in [0.5, 0.6) is 5.75 Å². The van der Waals surface area contributed by atoms with Gasteiger partial charge in [0.1, 0.15) is 5.75 Å². The van der Waals surface area contributed by atoms with Crippen LogP contribution < -0.4 is 4.52 Å². The SMILES string of the molecule is Cc1cc(OP(O)(O)=S)ccc1S(=O)(=O)C(C)(C)C.